The highest BCUT2D eigenvalue weighted by Crippen LogP contribution is 2.17. The molecule has 1 aromatic carbocycles. The molecule has 0 aliphatic heterocycles. The number of hydrogen-bond donors (Lipinski definition) is 1. The molecule has 0 saturated heterocycles. The Balaban J connectivity index is 2.79. The minimum atomic E-state index is -0.0782. The lowest BCUT2D eigenvalue weighted by Gasteiger charge is -1.97. The van der Waals surface area contributed by atoms with E-state index in [0.29, 0.717) is 0 Å². The van der Waals surface area contributed by atoms with Crippen LogP contribution in [0.15, 0.2) is 29.2 Å². The van der Waals surface area contributed by atoms with E-state index in [1.165, 1.54) is 4.90 Å². The molecular formula is C11H12OS. The molecule has 1 aromatic rings. The fraction of sp³-hybridized carbons (Fsp3) is 0.273. The number of aliphatic hydroxyl groups is 1. The number of rotatable bonds is 2. The highest BCUT2D eigenvalue weighted by molar-refractivity contribution is 7.99. The molecule has 0 heterocycles. The third kappa shape index (κ3) is 3.54. The average molecular weight is 192 g/mol. The molecule has 0 amide bonds. The van der Waals surface area contributed by atoms with E-state index in [4.69, 9.17) is 5.11 Å². The van der Waals surface area contributed by atoms with Crippen LogP contribution < -0.4 is 0 Å². The molecule has 0 atom stereocenters. The van der Waals surface area contributed by atoms with Gasteiger partial charge in [-0.05, 0) is 24.0 Å². The van der Waals surface area contributed by atoms with Gasteiger partial charge in [-0.25, -0.2) is 0 Å². The lowest BCUT2D eigenvalue weighted by molar-refractivity contribution is 0.350. The first-order chi connectivity index (χ1) is 6.36. The summed E-state index contributed by atoms with van der Waals surface area (Å²) in [6, 6.07) is 8.04. The van der Waals surface area contributed by atoms with Crippen LogP contribution in [0.4, 0.5) is 0 Å². The highest BCUT2D eigenvalue weighted by Gasteiger charge is 1.91. The normalized spacial score (nSPS) is 9.08. The zero-order valence-corrected chi connectivity index (χ0v) is 8.40. The quantitative estimate of drug-likeness (QED) is 0.572. The predicted molar refractivity (Wildman–Crippen MR) is 56.8 cm³/mol. The summed E-state index contributed by atoms with van der Waals surface area (Å²) in [5.74, 6) is 6.58. The summed E-state index contributed by atoms with van der Waals surface area (Å²) in [6.45, 7) is 2.04. The van der Waals surface area contributed by atoms with Gasteiger partial charge in [-0.15, -0.1) is 11.8 Å². The minimum absolute atomic E-state index is 0.0782. The number of benzene rings is 1. The molecule has 13 heavy (non-hydrogen) atoms. The van der Waals surface area contributed by atoms with Gasteiger partial charge < -0.3 is 5.11 Å². The van der Waals surface area contributed by atoms with Gasteiger partial charge in [0, 0.05) is 10.5 Å². The van der Waals surface area contributed by atoms with Gasteiger partial charge >= 0.3 is 0 Å². The molecule has 0 radical (unpaired) electrons. The largest absolute Gasteiger partial charge is 0.384 e. The predicted octanol–water partition coefficient (Wildman–Crippen LogP) is 2.14. The first-order valence-corrected chi connectivity index (χ1v) is 5.18. The van der Waals surface area contributed by atoms with Crippen molar-refractivity contribution < 1.29 is 5.11 Å². The highest BCUT2D eigenvalue weighted by atomic mass is 32.2. The maximum absolute atomic E-state index is 8.52. The van der Waals surface area contributed by atoms with E-state index in [1.54, 1.807) is 11.8 Å². The monoisotopic (exact) mass is 192 g/mol. The van der Waals surface area contributed by atoms with Crippen molar-refractivity contribution in [1.82, 2.24) is 0 Å². The standard InChI is InChI=1S/C11H12OS/c1-2-13-11-7-3-5-10(9-11)6-4-8-12/h3,5,7,9,12H,2,8H2,1H3. The number of hydrogen-bond acceptors (Lipinski definition) is 2. The molecule has 0 fully saturated rings. The zero-order chi connectivity index (χ0) is 9.52. The van der Waals surface area contributed by atoms with Crippen molar-refractivity contribution in [2.75, 3.05) is 12.4 Å². The van der Waals surface area contributed by atoms with Crippen molar-refractivity contribution in [2.24, 2.45) is 0 Å². The van der Waals surface area contributed by atoms with Gasteiger partial charge in [-0.3, -0.25) is 0 Å². The molecule has 0 aromatic heterocycles. The zero-order valence-electron chi connectivity index (χ0n) is 7.58. The summed E-state index contributed by atoms with van der Waals surface area (Å²) in [6.07, 6.45) is 0. The Kier molecular flexibility index (Phi) is 4.45. The van der Waals surface area contributed by atoms with Crippen molar-refractivity contribution >= 4 is 11.8 Å². The molecule has 1 nitrogen and oxygen atoms in total. The first kappa shape index (κ1) is 10.2. The van der Waals surface area contributed by atoms with Crippen molar-refractivity contribution in [3.8, 4) is 11.8 Å². The van der Waals surface area contributed by atoms with Crippen molar-refractivity contribution in [3.05, 3.63) is 29.8 Å². The van der Waals surface area contributed by atoms with Crippen LogP contribution in [0.2, 0.25) is 0 Å². The Morgan fingerprint density at radius 3 is 3.00 bits per heavy atom. The lowest BCUT2D eigenvalue weighted by atomic mass is 10.2. The minimum Gasteiger partial charge on any atom is -0.384 e. The van der Waals surface area contributed by atoms with Gasteiger partial charge in [0.05, 0.1) is 0 Å². The van der Waals surface area contributed by atoms with E-state index in [1.807, 2.05) is 18.2 Å². The molecule has 1 N–H and O–H groups in total. The maximum atomic E-state index is 8.52. The Labute approximate surface area is 83.2 Å². The summed E-state index contributed by atoms with van der Waals surface area (Å²) >= 11 is 1.79. The van der Waals surface area contributed by atoms with Crippen LogP contribution in [0.1, 0.15) is 12.5 Å². The molecule has 0 spiro atoms. The summed E-state index contributed by atoms with van der Waals surface area (Å²) in [5, 5.41) is 8.52. The van der Waals surface area contributed by atoms with E-state index in [0.717, 1.165) is 11.3 Å². The molecule has 0 saturated carbocycles. The second kappa shape index (κ2) is 5.69. The SMILES string of the molecule is CCSc1cccc(C#CCO)c1. The summed E-state index contributed by atoms with van der Waals surface area (Å²) in [7, 11) is 0. The molecule has 1 rings (SSSR count). The van der Waals surface area contributed by atoms with E-state index in [2.05, 4.69) is 24.8 Å². The fourth-order valence-corrected chi connectivity index (χ4v) is 1.69. The Morgan fingerprint density at radius 1 is 1.46 bits per heavy atom. The number of aliphatic hydroxyl groups excluding tert-OH is 1. The van der Waals surface area contributed by atoms with Gasteiger partial charge in [0.2, 0.25) is 0 Å². The van der Waals surface area contributed by atoms with Gasteiger partial charge in [0.25, 0.3) is 0 Å². The second-order valence-corrected chi connectivity index (χ2v) is 3.76. The first-order valence-electron chi connectivity index (χ1n) is 4.19. The Bertz CT molecular complexity index is 322. The molecule has 0 bridgehead atoms. The van der Waals surface area contributed by atoms with Crippen molar-refractivity contribution in [3.63, 3.8) is 0 Å². The van der Waals surface area contributed by atoms with E-state index < -0.39 is 0 Å². The van der Waals surface area contributed by atoms with Crippen LogP contribution >= 0.6 is 11.8 Å². The lowest BCUT2D eigenvalue weighted by Crippen LogP contribution is -1.78. The fourth-order valence-electron chi connectivity index (χ4n) is 0.972. The summed E-state index contributed by atoms with van der Waals surface area (Å²) < 4.78 is 0. The molecule has 0 aliphatic rings. The van der Waals surface area contributed by atoms with E-state index in [9.17, 15) is 0 Å². The van der Waals surface area contributed by atoms with Gasteiger partial charge in [0.15, 0.2) is 0 Å². The molecule has 0 unspecified atom stereocenters. The van der Waals surface area contributed by atoms with Crippen LogP contribution in [0, 0.1) is 11.8 Å². The van der Waals surface area contributed by atoms with Crippen LogP contribution in [0.5, 0.6) is 0 Å². The van der Waals surface area contributed by atoms with Crippen LogP contribution in [-0.4, -0.2) is 17.5 Å². The van der Waals surface area contributed by atoms with Gasteiger partial charge in [0.1, 0.15) is 6.61 Å². The number of thioether (sulfide) groups is 1. The Morgan fingerprint density at radius 2 is 2.31 bits per heavy atom. The Hall–Kier alpha value is -0.910. The second-order valence-electron chi connectivity index (χ2n) is 2.42. The molecule has 0 aliphatic carbocycles. The third-order valence-electron chi connectivity index (χ3n) is 1.46. The van der Waals surface area contributed by atoms with Crippen LogP contribution in [0.3, 0.4) is 0 Å². The third-order valence-corrected chi connectivity index (χ3v) is 2.33. The van der Waals surface area contributed by atoms with Gasteiger partial charge in [-0.1, -0.05) is 24.8 Å². The van der Waals surface area contributed by atoms with E-state index in [-0.39, 0.29) is 6.61 Å². The summed E-state index contributed by atoms with van der Waals surface area (Å²) in [4.78, 5) is 1.23. The average Bonchev–Trinajstić information content (AvgIpc) is 2.16. The topological polar surface area (TPSA) is 20.2 Å². The van der Waals surface area contributed by atoms with Crippen molar-refractivity contribution in [2.45, 2.75) is 11.8 Å². The van der Waals surface area contributed by atoms with Crippen LogP contribution in [-0.2, 0) is 0 Å². The molecule has 2 heteroatoms. The van der Waals surface area contributed by atoms with E-state index >= 15 is 0 Å². The van der Waals surface area contributed by atoms with Crippen molar-refractivity contribution in [1.29, 1.82) is 0 Å². The summed E-state index contributed by atoms with van der Waals surface area (Å²) in [5.41, 5.74) is 0.965. The molecular weight excluding hydrogens is 180 g/mol. The smallest absolute Gasteiger partial charge is 0.104 e. The maximum Gasteiger partial charge on any atom is 0.104 e. The molecule has 68 valence electrons. The van der Waals surface area contributed by atoms with Gasteiger partial charge in [-0.2, -0.15) is 0 Å². The van der Waals surface area contributed by atoms with Crippen LogP contribution in [0.25, 0.3) is 0 Å².